The number of anilines is 1. The Balaban J connectivity index is 1.41. The van der Waals surface area contributed by atoms with E-state index in [1.165, 1.54) is 39.0 Å². The lowest BCUT2D eigenvalue weighted by molar-refractivity contribution is -0.0907. The first-order chi connectivity index (χ1) is 14.2. The minimum atomic E-state index is -0.463. The molecule has 3 aliphatic rings. The summed E-state index contributed by atoms with van der Waals surface area (Å²) in [6, 6.07) is 2.73. The Morgan fingerprint density at radius 3 is 2.13 bits per heavy atom. The molecule has 0 N–H and O–H groups in total. The van der Waals surface area contributed by atoms with E-state index in [0.29, 0.717) is 6.04 Å². The molecule has 1 aromatic heterocycles. The molecule has 0 amide bonds. The summed E-state index contributed by atoms with van der Waals surface area (Å²) in [6.07, 6.45) is 3.77. The molecular weight excluding hydrogens is 380 g/mol. The topological polar surface area (TPSA) is 50.3 Å². The van der Waals surface area contributed by atoms with E-state index in [-0.39, 0.29) is 11.2 Å². The van der Waals surface area contributed by atoms with Crippen LogP contribution in [0.25, 0.3) is 0 Å². The summed E-state index contributed by atoms with van der Waals surface area (Å²) in [5.74, 6) is 1.75. The summed E-state index contributed by atoms with van der Waals surface area (Å²) in [5, 5.41) is 0. The van der Waals surface area contributed by atoms with Crippen LogP contribution in [0.2, 0.25) is 0 Å². The fourth-order valence-corrected chi connectivity index (χ4v) is 4.58. The zero-order valence-electron chi connectivity index (χ0n) is 19.5. The van der Waals surface area contributed by atoms with Crippen LogP contribution in [0.15, 0.2) is 12.3 Å². The number of piperidine rings is 1. The quantitative estimate of drug-likeness (QED) is 0.745. The predicted octanol–water partition coefficient (Wildman–Crippen LogP) is 2.91. The minimum absolute atomic E-state index is 0.382. The summed E-state index contributed by atoms with van der Waals surface area (Å²) in [6.45, 7) is 15.0. The molecule has 4 heterocycles. The van der Waals surface area contributed by atoms with Crippen LogP contribution >= 0.6 is 0 Å². The summed E-state index contributed by atoms with van der Waals surface area (Å²) in [5.41, 5.74) is 0.0890. The van der Waals surface area contributed by atoms with Crippen molar-refractivity contribution in [2.45, 2.75) is 64.1 Å². The van der Waals surface area contributed by atoms with Gasteiger partial charge in [-0.05, 0) is 47.6 Å². The summed E-state index contributed by atoms with van der Waals surface area (Å²) in [7, 11) is 3.92. The first kappa shape index (κ1) is 21.8. The van der Waals surface area contributed by atoms with Crippen molar-refractivity contribution in [3.8, 4) is 5.75 Å². The molecule has 7 nitrogen and oxygen atoms in total. The number of nitrogens with zero attached hydrogens (tertiary/aromatic N) is 4. The number of piperazine rings is 1. The first-order valence-electron chi connectivity index (χ1n) is 11.3. The molecule has 7 heteroatoms. The number of methoxy groups -OCH3 is 1. The van der Waals surface area contributed by atoms with E-state index in [4.69, 9.17) is 19.2 Å². The van der Waals surface area contributed by atoms with Crippen molar-refractivity contribution in [3.63, 3.8) is 0 Å². The maximum Gasteiger partial charge on any atom is 0.190 e. The van der Waals surface area contributed by atoms with Crippen LogP contribution in [-0.2, 0) is 9.47 Å². The van der Waals surface area contributed by atoms with Crippen molar-refractivity contribution in [2.24, 2.45) is 0 Å². The molecule has 4 rings (SSSR count). The third-order valence-electron chi connectivity index (χ3n) is 7.45. The normalized spacial score (nSPS) is 26.3. The van der Waals surface area contributed by atoms with E-state index in [1.54, 1.807) is 7.11 Å². The maximum atomic E-state index is 6.20. The SMILES string of the molecule is COc1cc(N2CCC(N3CCN(C)CC3)CC2)ncc1C1OC(C)(C)C(C)(C)O1. The molecule has 30 heavy (non-hydrogen) atoms. The molecular formula is C23H38N4O3. The summed E-state index contributed by atoms with van der Waals surface area (Å²) < 4.78 is 18.1. The van der Waals surface area contributed by atoms with Gasteiger partial charge < -0.3 is 24.0 Å². The molecule has 0 spiro atoms. The van der Waals surface area contributed by atoms with Crippen LogP contribution in [0.1, 0.15) is 52.4 Å². The highest BCUT2D eigenvalue weighted by Crippen LogP contribution is 2.46. The highest BCUT2D eigenvalue weighted by Gasteiger charge is 2.50. The third-order valence-corrected chi connectivity index (χ3v) is 7.45. The van der Waals surface area contributed by atoms with E-state index in [2.05, 4.69) is 49.4 Å². The second-order valence-corrected chi connectivity index (χ2v) is 9.93. The lowest BCUT2D eigenvalue weighted by atomic mass is 9.90. The Kier molecular flexibility index (Phi) is 6.01. The van der Waals surface area contributed by atoms with Gasteiger partial charge in [0.25, 0.3) is 0 Å². The molecule has 0 aliphatic carbocycles. The lowest BCUT2D eigenvalue weighted by Gasteiger charge is -2.42. The molecule has 0 unspecified atom stereocenters. The molecule has 1 aromatic rings. The Hall–Kier alpha value is -1.41. The second-order valence-electron chi connectivity index (χ2n) is 9.93. The number of ether oxygens (including phenoxy) is 3. The molecule has 0 aromatic carbocycles. The van der Waals surface area contributed by atoms with Gasteiger partial charge in [-0.15, -0.1) is 0 Å². The first-order valence-corrected chi connectivity index (χ1v) is 11.3. The van der Waals surface area contributed by atoms with E-state index in [9.17, 15) is 0 Å². The van der Waals surface area contributed by atoms with Crippen molar-refractivity contribution in [3.05, 3.63) is 17.8 Å². The third kappa shape index (κ3) is 4.17. The fraction of sp³-hybridized carbons (Fsp3) is 0.783. The Labute approximate surface area is 181 Å². The Morgan fingerprint density at radius 1 is 0.967 bits per heavy atom. The van der Waals surface area contributed by atoms with Crippen LogP contribution in [0.3, 0.4) is 0 Å². The van der Waals surface area contributed by atoms with Gasteiger partial charge in [0.1, 0.15) is 11.6 Å². The molecule has 0 atom stereocenters. The smallest absolute Gasteiger partial charge is 0.190 e. The molecule has 0 saturated carbocycles. The van der Waals surface area contributed by atoms with E-state index >= 15 is 0 Å². The molecule has 168 valence electrons. The van der Waals surface area contributed by atoms with Gasteiger partial charge in [-0.3, -0.25) is 4.90 Å². The number of pyridine rings is 1. The molecule has 0 bridgehead atoms. The van der Waals surface area contributed by atoms with Crippen LogP contribution in [0, 0.1) is 0 Å². The number of hydrogen-bond acceptors (Lipinski definition) is 7. The van der Waals surface area contributed by atoms with E-state index < -0.39 is 6.29 Å². The van der Waals surface area contributed by atoms with Gasteiger partial charge in [-0.2, -0.15) is 0 Å². The number of likely N-dealkylation sites (N-methyl/N-ethyl adjacent to an activating group) is 1. The predicted molar refractivity (Wildman–Crippen MR) is 118 cm³/mol. The van der Waals surface area contributed by atoms with Gasteiger partial charge in [0.05, 0.1) is 23.9 Å². The van der Waals surface area contributed by atoms with Gasteiger partial charge in [-0.25, -0.2) is 4.98 Å². The minimum Gasteiger partial charge on any atom is -0.496 e. The number of aromatic nitrogens is 1. The zero-order valence-corrected chi connectivity index (χ0v) is 19.5. The van der Waals surface area contributed by atoms with Gasteiger partial charge in [0.15, 0.2) is 6.29 Å². The van der Waals surface area contributed by atoms with Crippen LogP contribution in [0.5, 0.6) is 5.75 Å². The molecule has 0 radical (unpaired) electrons. The van der Waals surface area contributed by atoms with Gasteiger partial charge in [0.2, 0.25) is 0 Å². The van der Waals surface area contributed by atoms with E-state index in [1.807, 2.05) is 12.3 Å². The standard InChI is InChI=1S/C23H38N4O3/c1-22(2)23(3,4)30-21(29-22)18-16-24-20(15-19(18)28-6)27-9-7-17(8-10-27)26-13-11-25(5)12-14-26/h15-17,21H,7-14H2,1-6H3. The van der Waals surface area contributed by atoms with Gasteiger partial charge in [0, 0.05) is 57.6 Å². The molecule has 3 fully saturated rings. The molecule has 3 aliphatic heterocycles. The second kappa shape index (κ2) is 8.26. The maximum absolute atomic E-state index is 6.20. The van der Waals surface area contributed by atoms with Crippen molar-refractivity contribution in [1.29, 1.82) is 0 Å². The Bertz CT molecular complexity index is 722. The highest BCUT2D eigenvalue weighted by molar-refractivity contribution is 5.48. The number of rotatable bonds is 4. The van der Waals surface area contributed by atoms with Gasteiger partial charge >= 0.3 is 0 Å². The summed E-state index contributed by atoms with van der Waals surface area (Å²) >= 11 is 0. The zero-order chi connectivity index (χ0) is 21.5. The highest BCUT2D eigenvalue weighted by atomic mass is 16.7. The summed E-state index contributed by atoms with van der Waals surface area (Å²) in [4.78, 5) is 12.2. The monoisotopic (exact) mass is 418 g/mol. The van der Waals surface area contributed by atoms with Gasteiger partial charge in [-0.1, -0.05) is 0 Å². The van der Waals surface area contributed by atoms with Crippen LogP contribution < -0.4 is 9.64 Å². The van der Waals surface area contributed by atoms with Crippen LogP contribution in [-0.4, -0.2) is 85.5 Å². The lowest BCUT2D eigenvalue weighted by Crippen LogP contribution is -2.52. The van der Waals surface area contributed by atoms with Crippen molar-refractivity contribution < 1.29 is 14.2 Å². The van der Waals surface area contributed by atoms with E-state index in [0.717, 1.165) is 30.2 Å². The van der Waals surface area contributed by atoms with Crippen molar-refractivity contribution >= 4 is 5.82 Å². The van der Waals surface area contributed by atoms with Crippen molar-refractivity contribution in [2.75, 3.05) is 58.3 Å². The van der Waals surface area contributed by atoms with Crippen molar-refractivity contribution in [1.82, 2.24) is 14.8 Å². The molecule has 3 saturated heterocycles. The fourth-order valence-electron chi connectivity index (χ4n) is 4.58. The number of hydrogen-bond donors (Lipinski definition) is 0. The Morgan fingerprint density at radius 2 is 1.57 bits per heavy atom. The van der Waals surface area contributed by atoms with Crippen LogP contribution in [0.4, 0.5) is 5.82 Å². The largest absolute Gasteiger partial charge is 0.496 e. The average molecular weight is 419 g/mol. The average Bonchev–Trinajstić information content (AvgIpc) is 2.95.